The number of rotatable bonds is 2. The van der Waals surface area contributed by atoms with Crippen molar-refractivity contribution in [3.63, 3.8) is 0 Å². The normalized spacial score (nSPS) is 13.5. The van der Waals surface area contributed by atoms with Crippen molar-refractivity contribution >= 4 is 75.3 Å². The molecule has 0 heterocycles. The van der Waals surface area contributed by atoms with E-state index < -0.39 is 0 Å². The van der Waals surface area contributed by atoms with E-state index in [2.05, 4.69) is 63.7 Å². The Morgan fingerprint density at radius 1 is 0.636 bits per heavy atom. The third-order valence-electron chi connectivity index (χ3n) is 3.60. The van der Waals surface area contributed by atoms with E-state index in [0.717, 1.165) is 11.1 Å². The van der Waals surface area contributed by atoms with Crippen LogP contribution in [0.15, 0.2) is 36.4 Å². The van der Waals surface area contributed by atoms with Gasteiger partial charge in [-0.15, -0.1) is 0 Å². The number of fused-ring (bicyclic) bond motifs is 2. The van der Waals surface area contributed by atoms with Crippen molar-refractivity contribution in [3.05, 3.63) is 69.8 Å². The lowest BCUT2D eigenvalue weighted by atomic mass is 9.82. The molecule has 0 amide bonds. The van der Waals surface area contributed by atoms with Crippen LogP contribution in [0.3, 0.4) is 0 Å². The van der Waals surface area contributed by atoms with Gasteiger partial charge in [0, 0.05) is 22.3 Å². The molecule has 0 atom stereocenters. The Bertz CT molecular complexity index is 731. The molecule has 2 nitrogen and oxygen atoms in total. The SMILES string of the molecule is O=C1c2ccccc2C(=O)c2cc(C(Br)Br)c(C(Br)Br)cc21. The number of carbonyl (C=O) groups is 2. The maximum atomic E-state index is 12.7. The van der Waals surface area contributed by atoms with Crippen LogP contribution in [0.4, 0.5) is 0 Å². The lowest BCUT2D eigenvalue weighted by Gasteiger charge is -2.21. The molecule has 0 saturated carbocycles. The number of hydrogen-bond donors (Lipinski definition) is 0. The molecule has 0 N–H and O–H groups in total. The summed E-state index contributed by atoms with van der Waals surface area (Å²) in [5.41, 5.74) is 3.64. The van der Waals surface area contributed by atoms with E-state index in [0.29, 0.717) is 22.3 Å². The fraction of sp³-hybridized carbons (Fsp3) is 0.125. The zero-order valence-electron chi connectivity index (χ0n) is 10.9. The highest BCUT2D eigenvalue weighted by atomic mass is 79.9. The fourth-order valence-electron chi connectivity index (χ4n) is 2.56. The van der Waals surface area contributed by atoms with Crippen LogP contribution in [0.1, 0.15) is 50.4 Å². The molecule has 0 unspecified atom stereocenters. The van der Waals surface area contributed by atoms with Crippen molar-refractivity contribution in [1.82, 2.24) is 0 Å². The van der Waals surface area contributed by atoms with Gasteiger partial charge in [0.15, 0.2) is 11.6 Å². The minimum absolute atomic E-state index is 0.112. The van der Waals surface area contributed by atoms with E-state index in [-0.39, 0.29) is 19.0 Å². The first-order chi connectivity index (χ1) is 10.4. The van der Waals surface area contributed by atoms with Crippen molar-refractivity contribution in [2.45, 2.75) is 7.47 Å². The van der Waals surface area contributed by atoms with Gasteiger partial charge in [0.1, 0.15) is 0 Å². The van der Waals surface area contributed by atoms with Crippen LogP contribution in [-0.4, -0.2) is 11.6 Å². The van der Waals surface area contributed by atoms with Gasteiger partial charge in [0.05, 0.1) is 7.47 Å². The minimum Gasteiger partial charge on any atom is -0.289 e. The van der Waals surface area contributed by atoms with E-state index in [1.54, 1.807) is 36.4 Å². The van der Waals surface area contributed by atoms with E-state index in [9.17, 15) is 9.59 Å². The van der Waals surface area contributed by atoms with Crippen molar-refractivity contribution in [2.24, 2.45) is 0 Å². The highest BCUT2D eigenvalue weighted by Gasteiger charge is 2.31. The zero-order chi connectivity index (χ0) is 16.0. The second-order valence-electron chi connectivity index (χ2n) is 4.83. The highest BCUT2D eigenvalue weighted by molar-refractivity contribution is 9.24. The summed E-state index contributed by atoms with van der Waals surface area (Å²) in [4.78, 5) is 25.4. The molecule has 0 aromatic heterocycles. The molecule has 112 valence electrons. The van der Waals surface area contributed by atoms with Crippen LogP contribution < -0.4 is 0 Å². The molecule has 2 aromatic carbocycles. The molecular weight excluding hydrogens is 544 g/mol. The second-order valence-corrected chi connectivity index (χ2v) is 11.0. The van der Waals surface area contributed by atoms with Gasteiger partial charge in [0.25, 0.3) is 0 Å². The molecule has 0 fully saturated rings. The zero-order valence-corrected chi connectivity index (χ0v) is 17.3. The third kappa shape index (κ3) is 2.68. The van der Waals surface area contributed by atoms with Crippen LogP contribution in [0.25, 0.3) is 0 Å². The van der Waals surface area contributed by atoms with Gasteiger partial charge < -0.3 is 0 Å². The van der Waals surface area contributed by atoms with E-state index in [1.807, 2.05) is 0 Å². The summed E-state index contributed by atoms with van der Waals surface area (Å²) in [6.45, 7) is 0. The van der Waals surface area contributed by atoms with Crippen LogP contribution in [-0.2, 0) is 0 Å². The van der Waals surface area contributed by atoms with Gasteiger partial charge in [-0.3, -0.25) is 9.59 Å². The van der Waals surface area contributed by atoms with Crippen LogP contribution in [0.5, 0.6) is 0 Å². The van der Waals surface area contributed by atoms with Crippen molar-refractivity contribution < 1.29 is 9.59 Å². The molecule has 1 aliphatic carbocycles. The third-order valence-corrected chi connectivity index (χ3v) is 5.57. The maximum Gasteiger partial charge on any atom is 0.194 e. The Morgan fingerprint density at radius 2 is 1.00 bits per heavy atom. The monoisotopic (exact) mass is 548 g/mol. The first kappa shape index (κ1) is 16.6. The predicted octanol–water partition coefficient (Wildman–Crippen LogP) is 6.04. The average Bonchev–Trinajstić information content (AvgIpc) is 2.51. The smallest absolute Gasteiger partial charge is 0.194 e. The molecule has 6 heteroatoms. The first-order valence-electron chi connectivity index (χ1n) is 6.34. The number of alkyl halides is 4. The summed E-state index contributed by atoms with van der Waals surface area (Å²) in [7, 11) is 0. The summed E-state index contributed by atoms with van der Waals surface area (Å²) in [6, 6.07) is 10.5. The Balaban J connectivity index is 2.29. The average molecular weight is 552 g/mol. The summed E-state index contributed by atoms with van der Waals surface area (Å²) >= 11 is 13.9. The second kappa shape index (κ2) is 6.30. The topological polar surface area (TPSA) is 34.1 Å². The quantitative estimate of drug-likeness (QED) is 0.364. The maximum absolute atomic E-state index is 12.7. The number of ketones is 2. The van der Waals surface area contributed by atoms with Crippen LogP contribution >= 0.6 is 63.7 Å². The lowest BCUT2D eigenvalue weighted by Crippen LogP contribution is -2.21. The molecule has 0 radical (unpaired) electrons. The number of benzene rings is 2. The summed E-state index contributed by atoms with van der Waals surface area (Å²) < 4.78 is -0.226. The Hall–Kier alpha value is -0.300. The molecule has 0 aliphatic heterocycles. The van der Waals surface area contributed by atoms with Gasteiger partial charge in [-0.2, -0.15) is 0 Å². The van der Waals surface area contributed by atoms with E-state index in [1.165, 1.54) is 0 Å². The van der Waals surface area contributed by atoms with Crippen LogP contribution in [0, 0.1) is 0 Å². The van der Waals surface area contributed by atoms with E-state index >= 15 is 0 Å². The Labute approximate surface area is 161 Å². The fourth-order valence-corrected chi connectivity index (χ4v) is 4.14. The van der Waals surface area contributed by atoms with E-state index in [4.69, 9.17) is 0 Å². The number of hydrogen-bond acceptors (Lipinski definition) is 2. The Morgan fingerprint density at radius 3 is 1.32 bits per heavy atom. The molecular formula is C16H8Br4O2. The number of carbonyl (C=O) groups excluding carboxylic acids is 2. The Kier molecular flexibility index (Phi) is 4.74. The minimum atomic E-state index is -0.113. The standard InChI is InChI=1S/C16H8Br4O2/c17-15(18)11-5-9-10(6-12(11)16(19)20)14(22)8-4-2-1-3-7(8)13(9)21/h1-6,15-16H. The van der Waals surface area contributed by atoms with Gasteiger partial charge in [-0.05, 0) is 23.3 Å². The molecule has 0 saturated heterocycles. The molecule has 0 bridgehead atoms. The number of halogens is 4. The molecule has 2 aromatic rings. The van der Waals surface area contributed by atoms with Crippen molar-refractivity contribution in [2.75, 3.05) is 0 Å². The summed E-state index contributed by atoms with van der Waals surface area (Å²) in [5, 5.41) is 0. The summed E-state index contributed by atoms with van der Waals surface area (Å²) in [6.07, 6.45) is 0. The van der Waals surface area contributed by atoms with Crippen molar-refractivity contribution in [1.29, 1.82) is 0 Å². The first-order valence-corrected chi connectivity index (χ1v) is 10.0. The molecule has 3 rings (SSSR count). The van der Waals surface area contributed by atoms with Crippen LogP contribution in [0.2, 0.25) is 0 Å². The van der Waals surface area contributed by atoms with Gasteiger partial charge in [-0.25, -0.2) is 0 Å². The lowest BCUT2D eigenvalue weighted by molar-refractivity contribution is 0.0979. The molecule has 22 heavy (non-hydrogen) atoms. The van der Waals surface area contributed by atoms with Gasteiger partial charge >= 0.3 is 0 Å². The highest BCUT2D eigenvalue weighted by Crippen LogP contribution is 2.42. The van der Waals surface area contributed by atoms with Gasteiger partial charge in [0.2, 0.25) is 0 Å². The van der Waals surface area contributed by atoms with Gasteiger partial charge in [-0.1, -0.05) is 88.0 Å². The van der Waals surface area contributed by atoms with Crippen molar-refractivity contribution in [3.8, 4) is 0 Å². The predicted molar refractivity (Wildman–Crippen MR) is 101 cm³/mol. The molecule has 1 aliphatic rings. The summed E-state index contributed by atoms with van der Waals surface area (Å²) in [5.74, 6) is -0.223. The molecule has 0 spiro atoms. The largest absolute Gasteiger partial charge is 0.289 e.